The summed E-state index contributed by atoms with van der Waals surface area (Å²) in [6, 6.07) is 0. The fraction of sp³-hybridized carbons (Fsp3) is 0.692. The quantitative estimate of drug-likeness (QED) is 0.848. The van der Waals surface area contributed by atoms with Gasteiger partial charge in [-0.1, -0.05) is 6.92 Å². The molecule has 2 heterocycles. The third-order valence-electron chi connectivity index (χ3n) is 3.39. The van der Waals surface area contributed by atoms with Crippen LogP contribution in [-0.2, 0) is 11.3 Å². The van der Waals surface area contributed by atoms with Crippen LogP contribution in [-0.4, -0.2) is 42.8 Å². The second-order valence-corrected chi connectivity index (χ2v) is 4.65. The lowest BCUT2D eigenvalue weighted by molar-refractivity contribution is 0.121. The van der Waals surface area contributed by atoms with Gasteiger partial charge >= 0.3 is 0 Å². The standard InChI is InChI=1S/C13H22N4O/c1-4-14-7-11-8-15-13(16-10(11)2)17-6-5-12(9-17)18-3/h8,12,14H,4-7,9H2,1-3H3. The average molecular weight is 250 g/mol. The lowest BCUT2D eigenvalue weighted by Crippen LogP contribution is -2.25. The summed E-state index contributed by atoms with van der Waals surface area (Å²) in [6.07, 6.45) is 3.30. The molecule has 1 aromatic heterocycles. The third-order valence-corrected chi connectivity index (χ3v) is 3.39. The molecule has 0 spiro atoms. The van der Waals surface area contributed by atoms with Gasteiger partial charge in [0.25, 0.3) is 0 Å². The predicted molar refractivity (Wildman–Crippen MR) is 71.8 cm³/mol. The Labute approximate surface area is 109 Å². The maximum atomic E-state index is 5.36. The molecule has 0 aliphatic carbocycles. The highest BCUT2D eigenvalue weighted by molar-refractivity contribution is 5.34. The summed E-state index contributed by atoms with van der Waals surface area (Å²) >= 11 is 0. The van der Waals surface area contributed by atoms with E-state index in [1.165, 1.54) is 5.56 Å². The first-order valence-corrected chi connectivity index (χ1v) is 6.55. The molecule has 1 aliphatic rings. The molecule has 0 bridgehead atoms. The van der Waals surface area contributed by atoms with E-state index < -0.39 is 0 Å². The van der Waals surface area contributed by atoms with Crippen molar-refractivity contribution in [2.24, 2.45) is 0 Å². The van der Waals surface area contributed by atoms with Gasteiger partial charge < -0.3 is 15.0 Å². The van der Waals surface area contributed by atoms with Crippen LogP contribution in [0.2, 0.25) is 0 Å². The molecular weight excluding hydrogens is 228 g/mol. The molecule has 1 unspecified atom stereocenters. The summed E-state index contributed by atoms with van der Waals surface area (Å²) in [7, 11) is 1.76. The zero-order valence-electron chi connectivity index (χ0n) is 11.4. The fourth-order valence-electron chi connectivity index (χ4n) is 2.17. The highest BCUT2D eigenvalue weighted by Gasteiger charge is 2.24. The van der Waals surface area contributed by atoms with Crippen molar-refractivity contribution in [1.29, 1.82) is 0 Å². The number of hydrogen-bond donors (Lipinski definition) is 1. The van der Waals surface area contributed by atoms with Gasteiger partial charge in [0, 0.05) is 44.2 Å². The van der Waals surface area contributed by atoms with Crippen LogP contribution in [0.5, 0.6) is 0 Å². The van der Waals surface area contributed by atoms with Gasteiger partial charge in [-0.15, -0.1) is 0 Å². The van der Waals surface area contributed by atoms with Crippen LogP contribution in [0.4, 0.5) is 5.95 Å². The Morgan fingerprint density at radius 2 is 2.39 bits per heavy atom. The summed E-state index contributed by atoms with van der Waals surface area (Å²) < 4.78 is 5.36. The van der Waals surface area contributed by atoms with Crippen molar-refractivity contribution in [1.82, 2.24) is 15.3 Å². The number of aromatic nitrogens is 2. The molecule has 5 nitrogen and oxygen atoms in total. The lowest BCUT2D eigenvalue weighted by Gasteiger charge is -2.17. The smallest absolute Gasteiger partial charge is 0.225 e. The molecule has 100 valence electrons. The topological polar surface area (TPSA) is 50.3 Å². The van der Waals surface area contributed by atoms with Crippen LogP contribution in [0.25, 0.3) is 0 Å². The summed E-state index contributed by atoms with van der Waals surface area (Å²) in [6.45, 7) is 7.81. The molecule has 0 radical (unpaired) electrons. The van der Waals surface area contributed by atoms with Crippen molar-refractivity contribution in [2.45, 2.75) is 32.9 Å². The number of anilines is 1. The highest BCUT2D eigenvalue weighted by atomic mass is 16.5. The average Bonchev–Trinajstić information content (AvgIpc) is 2.86. The van der Waals surface area contributed by atoms with Crippen LogP contribution < -0.4 is 10.2 Å². The van der Waals surface area contributed by atoms with E-state index in [2.05, 4.69) is 27.1 Å². The minimum Gasteiger partial charge on any atom is -0.380 e. The van der Waals surface area contributed by atoms with Crippen LogP contribution in [0.15, 0.2) is 6.20 Å². The Morgan fingerprint density at radius 3 is 3.00 bits per heavy atom. The maximum Gasteiger partial charge on any atom is 0.225 e. The number of nitrogens with one attached hydrogen (secondary N) is 1. The number of methoxy groups -OCH3 is 1. The fourth-order valence-corrected chi connectivity index (χ4v) is 2.17. The Morgan fingerprint density at radius 1 is 1.56 bits per heavy atom. The van der Waals surface area contributed by atoms with Gasteiger partial charge in [0.05, 0.1) is 6.10 Å². The lowest BCUT2D eigenvalue weighted by atomic mass is 10.2. The Hall–Kier alpha value is -1.20. The van der Waals surface area contributed by atoms with Crippen molar-refractivity contribution >= 4 is 5.95 Å². The van der Waals surface area contributed by atoms with E-state index in [4.69, 9.17) is 4.74 Å². The zero-order valence-corrected chi connectivity index (χ0v) is 11.4. The first-order valence-electron chi connectivity index (χ1n) is 6.55. The van der Waals surface area contributed by atoms with Gasteiger partial charge in [0.1, 0.15) is 0 Å². The molecular formula is C13H22N4O. The Kier molecular flexibility index (Phi) is 4.49. The molecule has 1 N–H and O–H groups in total. The number of hydrogen-bond acceptors (Lipinski definition) is 5. The maximum absolute atomic E-state index is 5.36. The first kappa shape index (κ1) is 13.2. The molecule has 1 atom stereocenters. The SMILES string of the molecule is CCNCc1cnc(N2CCC(OC)C2)nc1C. The van der Waals surface area contributed by atoms with Crippen LogP contribution in [0, 0.1) is 6.92 Å². The Bertz CT molecular complexity index is 397. The predicted octanol–water partition coefficient (Wildman–Crippen LogP) is 1.12. The van der Waals surface area contributed by atoms with Crippen molar-refractivity contribution in [3.05, 3.63) is 17.5 Å². The molecule has 5 heteroatoms. The largest absolute Gasteiger partial charge is 0.380 e. The minimum atomic E-state index is 0.315. The van der Waals surface area contributed by atoms with Gasteiger partial charge in [0.2, 0.25) is 5.95 Å². The number of rotatable bonds is 5. The molecule has 1 aliphatic heterocycles. The van der Waals surface area contributed by atoms with Gasteiger partial charge in [-0.2, -0.15) is 0 Å². The molecule has 1 fully saturated rings. The summed E-state index contributed by atoms with van der Waals surface area (Å²) in [5, 5.41) is 3.30. The van der Waals surface area contributed by atoms with Gasteiger partial charge in [-0.05, 0) is 19.9 Å². The van der Waals surface area contributed by atoms with E-state index >= 15 is 0 Å². The summed E-state index contributed by atoms with van der Waals surface area (Å²) in [5.74, 6) is 0.826. The molecule has 0 aromatic carbocycles. The first-order chi connectivity index (χ1) is 8.74. The molecule has 1 aromatic rings. The zero-order chi connectivity index (χ0) is 13.0. The number of ether oxygens (including phenoxy) is 1. The second-order valence-electron chi connectivity index (χ2n) is 4.65. The van der Waals surface area contributed by atoms with Crippen molar-refractivity contribution < 1.29 is 4.74 Å². The molecule has 0 amide bonds. The van der Waals surface area contributed by atoms with Crippen molar-refractivity contribution in [3.63, 3.8) is 0 Å². The molecule has 2 rings (SSSR count). The molecule has 0 saturated carbocycles. The summed E-state index contributed by atoms with van der Waals surface area (Å²) in [4.78, 5) is 11.3. The van der Waals surface area contributed by atoms with Crippen LogP contribution >= 0.6 is 0 Å². The van der Waals surface area contributed by atoms with E-state index in [9.17, 15) is 0 Å². The van der Waals surface area contributed by atoms with E-state index in [-0.39, 0.29) is 0 Å². The third kappa shape index (κ3) is 2.97. The van der Waals surface area contributed by atoms with E-state index in [0.717, 1.165) is 44.2 Å². The van der Waals surface area contributed by atoms with E-state index in [1.54, 1.807) is 7.11 Å². The van der Waals surface area contributed by atoms with Crippen molar-refractivity contribution in [2.75, 3.05) is 31.6 Å². The van der Waals surface area contributed by atoms with Gasteiger partial charge in [-0.3, -0.25) is 0 Å². The highest BCUT2D eigenvalue weighted by Crippen LogP contribution is 2.18. The van der Waals surface area contributed by atoms with Gasteiger partial charge in [-0.25, -0.2) is 9.97 Å². The van der Waals surface area contributed by atoms with Crippen LogP contribution in [0.1, 0.15) is 24.6 Å². The van der Waals surface area contributed by atoms with Gasteiger partial charge in [0.15, 0.2) is 0 Å². The Balaban J connectivity index is 2.04. The number of aryl methyl sites for hydroxylation is 1. The summed E-state index contributed by atoms with van der Waals surface area (Å²) in [5.41, 5.74) is 2.23. The van der Waals surface area contributed by atoms with Crippen LogP contribution in [0.3, 0.4) is 0 Å². The molecule has 1 saturated heterocycles. The normalized spacial score (nSPS) is 19.5. The van der Waals surface area contributed by atoms with E-state index in [0.29, 0.717) is 6.10 Å². The van der Waals surface area contributed by atoms with E-state index in [1.807, 2.05) is 13.1 Å². The van der Waals surface area contributed by atoms with Crippen molar-refractivity contribution in [3.8, 4) is 0 Å². The second kappa shape index (κ2) is 6.11. The minimum absolute atomic E-state index is 0.315. The number of nitrogens with zero attached hydrogens (tertiary/aromatic N) is 3. The molecule has 18 heavy (non-hydrogen) atoms. The monoisotopic (exact) mass is 250 g/mol.